The molecule has 0 spiro atoms. The normalized spacial score (nSPS) is 12.0. The number of pyridine rings is 1. The smallest absolute Gasteiger partial charge is 0.128 e. The Morgan fingerprint density at radius 1 is 1.33 bits per heavy atom. The molecule has 1 aromatic carbocycles. The lowest BCUT2D eigenvalue weighted by Gasteiger charge is -2.27. The molecule has 0 bridgehead atoms. The number of hydrogen-bond donors (Lipinski definition) is 1. The van der Waals surface area contributed by atoms with E-state index in [-0.39, 0.29) is 0 Å². The molecule has 0 saturated carbocycles. The molecule has 4 nitrogen and oxygen atoms in total. The van der Waals surface area contributed by atoms with E-state index in [0.29, 0.717) is 6.04 Å². The van der Waals surface area contributed by atoms with Crippen LogP contribution in [0.15, 0.2) is 36.5 Å². The van der Waals surface area contributed by atoms with Crippen LogP contribution in [0.2, 0.25) is 0 Å². The molecule has 0 radical (unpaired) electrons. The fourth-order valence-corrected chi connectivity index (χ4v) is 2.30. The number of likely N-dealkylation sites (N-methyl/N-ethyl adjacent to an activating group) is 1. The number of nitrogens with two attached hydrogens (primary N) is 1. The lowest BCUT2D eigenvalue weighted by molar-refractivity contribution is 0.408. The van der Waals surface area contributed by atoms with Crippen molar-refractivity contribution in [2.24, 2.45) is 0 Å². The van der Waals surface area contributed by atoms with Gasteiger partial charge in [-0.15, -0.1) is 0 Å². The molecule has 4 heteroatoms. The molecule has 0 amide bonds. The molecule has 1 aromatic heterocycles. The van der Waals surface area contributed by atoms with E-state index in [1.807, 2.05) is 31.2 Å². The van der Waals surface area contributed by atoms with E-state index in [4.69, 9.17) is 10.5 Å². The van der Waals surface area contributed by atoms with Crippen LogP contribution >= 0.6 is 0 Å². The number of nitrogen functional groups attached to an aromatic ring is 1. The maximum absolute atomic E-state index is 5.83. The lowest BCUT2D eigenvalue weighted by atomic mass is 10.0. The second-order valence-electron chi connectivity index (χ2n) is 5.37. The minimum absolute atomic E-state index is 0.303. The number of benzene rings is 1. The zero-order chi connectivity index (χ0) is 15.4. The average molecular weight is 285 g/mol. The third-order valence-electron chi connectivity index (χ3n) is 3.87. The van der Waals surface area contributed by atoms with Crippen LogP contribution in [0.1, 0.15) is 18.1 Å². The summed E-state index contributed by atoms with van der Waals surface area (Å²) in [6, 6.07) is 10.4. The Morgan fingerprint density at radius 2 is 2.05 bits per heavy atom. The maximum atomic E-state index is 5.83. The van der Waals surface area contributed by atoms with Gasteiger partial charge in [0.1, 0.15) is 11.6 Å². The molecule has 1 atom stereocenters. The number of methoxy groups -OCH3 is 1. The van der Waals surface area contributed by atoms with E-state index in [1.165, 1.54) is 5.56 Å². The van der Waals surface area contributed by atoms with Crippen molar-refractivity contribution in [1.82, 2.24) is 4.98 Å². The molecule has 1 heterocycles. The summed E-state index contributed by atoms with van der Waals surface area (Å²) in [6.45, 7) is 4.18. The van der Waals surface area contributed by atoms with E-state index in [2.05, 4.69) is 29.9 Å². The summed E-state index contributed by atoms with van der Waals surface area (Å²) in [6.07, 6.45) is 2.61. The summed E-state index contributed by atoms with van der Waals surface area (Å²) in [4.78, 5) is 6.58. The van der Waals surface area contributed by atoms with Crippen LogP contribution in [0.3, 0.4) is 0 Å². The maximum Gasteiger partial charge on any atom is 0.128 e. The van der Waals surface area contributed by atoms with Gasteiger partial charge in [-0.25, -0.2) is 4.98 Å². The predicted molar refractivity (Wildman–Crippen MR) is 87.9 cm³/mol. The number of aromatic nitrogens is 1. The van der Waals surface area contributed by atoms with E-state index >= 15 is 0 Å². The zero-order valence-electron chi connectivity index (χ0n) is 13.1. The predicted octanol–water partition coefficient (Wildman–Crippen LogP) is 3.05. The summed E-state index contributed by atoms with van der Waals surface area (Å²) in [5.41, 5.74) is 8.81. The number of para-hydroxylation sites is 1. The monoisotopic (exact) mass is 285 g/mol. The van der Waals surface area contributed by atoms with Gasteiger partial charge in [0, 0.05) is 13.1 Å². The van der Waals surface area contributed by atoms with Crippen molar-refractivity contribution in [3.05, 3.63) is 47.7 Å². The van der Waals surface area contributed by atoms with Crippen LogP contribution in [-0.4, -0.2) is 25.2 Å². The summed E-state index contributed by atoms with van der Waals surface area (Å²) >= 11 is 0. The highest BCUT2D eigenvalue weighted by molar-refractivity contribution is 5.52. The zero-order valence-corrected chi connectivity index (χ0v) is 13.1. The van der Waals surface area contributed by atoms with E-state index in [1.54, 1.807) is 13.3 Å². The summed E-state index contributed by atoms with van der Waals surface area (Å²) < 4.78 is 5.42. The molecule has 2 rings (SSSR count). The molecule has 0 aliphatic carbocycles. The highest BCUT2D eigenvalue weighted by atomic mass is 16.5. The SMILES string of the molecule is COc1ccccc1CC(C)N(C)c1cc(C)c(N)cn1. The number of nitrogens with zero attached hydrogens (tertiary/aromatic N) is 2. The van der Waals surface area contributed by atoms with Gasteiger partial charge >= 0.3 is 0 Å². The van der Waals surface area contributed by atoms with Crippen LogP contribution in [0.25, 0.3) is 0 Å². The van der Waals surface area contributed by atoms with Crippen molar-refractivity contribution in [3.63, 3.8) is 0 Å². The summed E-state index contributed by atoms with van der Waals surface area (Å²) in [5.74, 6) is 1.86. The Bertz CT molecular complexity index is 613. The van der Waals surface area contributed by atoms with Gasteiger partial charge in [-0.2, -0.15) is 0 Å². The van der Waals surface area contributed by atoms with E-state index in [9.17, 15) is 0 Å². The highest BCUT2D eigenvalue weighted by Gasteiger charge is 2.14. The fourth-order valence-electron chi connectivity index (χ4n) is 2.30. The van der Waals surface area contributed by atoms with Crippen LogP contribution in [-0.2, 0) is 6.42 Å². The third-order valence-corrected chi connectivity index (χ3v) is 3.87. The number of aryl methyl sites for hydroxylation is 1. The van der Waals surface area contributed by atoms with Crippen LogP contribution in [0, 0.1) is 6.92 Å². The number of ether oxygens (including phenoxy) is 1. The largest absolute Gasteiger partial charge is 0.496 e. The first kappa shape index (κ1) is 15.2. The van der Waals surface area contributed by atoms with Gasteiger partial charge in [0.05, 0.1) is 19.0 Å². The topological polar surface area (TPSA) is 51.4 Å². The molecule has 0 aliphatic rings. The van der Waals surface area contributed by atoms with Gasteiger partial charge in [-0.3, -0.25) is 0 Å². The van der Waals surface area contributed by atoms with Crippen LogP contribution in [0.5, 0.6) is 5.75 Å². The van der Waals surface area contributed by atoms with Gasteiger partial charge < -0.3 is 15.4 Å². The van der Waals surface area contributed by atoms with Crippen molar-refractivity contribution in [1.29, 1.82) is 0 Å². The summed E-state index contributed by atoms with van der Waals surface area (Å²) in [7, 11) is 3.76. The van der Waals surface area contributed by atoms with Crippen molar-refractivity contribution < 1.29 is 4.74 Å². The molecule has 21 heavy (non-hydrogen) atoms. The van der Waals surface area contributed by atoms with Crippen LogP contribution < -0.4 is 15.4 Å². The lowest BCUT2D eigenvalue weighted by Crippen LogP contribution is -2.31. The Kier molecular flexibility index (Phi) is 4.68. The fraction of sp³-hybridized carbons (Fsp3) is 0.353. The Balaban J connectivity index is 2.15. The van der Waals surface area contributed by atoms with Gasteiger partial charge in [0.15, 0.2) is 0 Å². The van der Waals surface area contributed by atoms with Crippen LogP contribution in [0.4, 0.5) is 11.5 Å². The summed E-state index contributed by atoms with van der Waals surface area (Å²) in [5, 5.41) is 0. The van der Waals surface area contributed by atoms with Gasteiger partial charge in [0.25, 0.3) is 0 Å². The molecule has 2 N–H and O–H groups in total. The minimum Gasteiger partial charge on any atom is -0.496 e. The van der Waals surface area contributed by atoms with Crippen molar-refractivity contribution in [2.75, 3.05) is 24.8 Å². The average Bonchev–Trinajstić information content (AvgIpc) is 2.49. The molecule has 112 valence electrons. The molecule has 0 fully saturated rings. The number of hydrogen-bond acceptors (Lipinski definition) is 4. The second kappa shape index (κ2) is 6.48. The number of rotatable bonds is 5. The first-order valence-corrected chi connectivity index (χ1v) is 7.09. The van der Waals surface area contributed by atoms with Gasteiger partial charge in [-0.05, 0) is 43.5 Å². The second-order valence-corrected chi connectivity index (χ2v) is 5.37. The Labute approximate surface area is 126 Å². The molecule has 0 aliphatic heterocycles. The van der Waals surface area contributed by atoms with Crippen molar-refractivity contribution in [3.8, 4) is 5.75 Å². The van der Waals surface area contributed by atoms with E-state index < -0.39 is 0 Å². The minimum atomic E-state index is 0.303. The van der Waals surface area contributed by atoms with Gasteiger partial charge in [-0.1, -0.05) is 18.2 Å². The quantitative estimate of drug-likeness (QED) is 0.917. The van der Waals surface area contributed by atoms with Gasteiger partial charge in [0.2, 0.25) is 0 Å². The Hall–Kier alpha value is -2.23. The van der Waals surface area contributed by atoms with Crippen molar-refractivity contribution in [2.45, 2.75) is 26.3 Å². The highest BCUT2D eigenvalue weighted by Crippen LogP contribution is 2.23. The third kappa shape index (κ3) is 3.45. The molecule has 1 unspecified atom stereocenters. The molecular weight excluding hydrogens is 262 g/mol. The number of anilines is 2. The van der Waals surface area contributed by atoms with E-state index in [0.717, 1.165) is 29.2 Å². The Morgan fingerprint density at radius 3 is 2.71 bits per heavy atom. The first-order valence-electron chi connectivity index (χ1n) is 7.09. The molecule has 0 saturated heterocycles. The molecular formula is C17H23N3O. The van der Waals surface area contributed by atoms with Crippen molar-refractivity contribution >= 4 is 11.5 Å². The standard InChI is InChI=1S/C17H23N3O/c1-12-9-17(19-11-15(12)18)20(3)13(2)10-14-7-5-6-8-16(14)21-4/h5-9,11,13H,10,18H2,1-4H3. The molecule has 2 aromatic rings. The first-order chi connectivity index (χ1) is 10.0.